The van der Waals surface area contributed by atoms with Gasteiger partial charge in [-0.2, -0.15) is 0 Å². The van der Waals surface area contributed by atoms with Gasteiger partial charge in [-0.1, -0.05) is 12.1 Å². The first-order valence-electron chi connectivity index (χ1n) is 10.1. The Morgan fingerprint density at radius 3 is 2.26 bits per heavy atom. The fourth-order valence-corrected chi connectivity index (χ4v) is 4.30. The summed E-state index contributed by atoms with van der Waals surface area (Å²) in [5.74, 6) is 1.33. The van der Waals surface area contributed by atoms with Gasteiger partial charge < -0.3 is 19.1 Å². The van der Waals surface area contributed by atoms with Gasteiger partial charge in [0.15, 0.2) is 6.61 Å². The topological polar surface area (TPSA) is 51.2 Å². The minimum atomic E-state index is -0.235. The number of halogens is 2. The van der Waals surface area contributed by atoms with Crippen molar-refractivity contribution >= 4 is 21.8 Å². The highest BCUT2D eigenvalue weighted by Gasteiger charge is 2.32. The van der Waals surface area contributed by atoms with Crippen LogP contribution in [0, 0.1) is 5.82 Å². The standard InChI is InChI=1S/C23H28BrFN2O4/c1-15-12-27(16(2)11-26(15)13-17-5-7-18(25)8-6-17)22(28)14-31-19-9-20(29-3)23(24)21(10-19)30-4/h5-10,15-16H,11-14H2,1-4H3/t15-,16+/m0/s1. The SMILES string of the molecule is COc1cc(OCC(=O)N2C[C@H](C)N(Cc3ccc(F)cc3)C[C@H]2C)cc(OC)c1Br. The van der Waals surface area contributed by atoms with E-state index >= 15 is 0 Å². The van der Waals surface area contributed by atoms with Crippen LogP contribution in [0.4, 0.5) is 4.39 Å². The first kappa shape index (κ1) is 23.3. The molecule has 8 heteroatoms. The first-order valence-corrected chi connectivity index (χ1v) is 10.9. The molecular weight excluding hydrogens is 467 g/mol. The molecule has 0 bridgehead atoms. The van der Waals surface area contributed by atoms with E-state index in [1.54, 1.807) is 38.5 Å². The largest absolute Gasteiger partial charge is 0.495 e. The molecule has 1 aliphatic heterocycles. The van der Waals surface area contributed by atoms with Crippen molar-refractivity contribution in [3.63, 3.8) is 0 Å². The van der Waals surface area contributed by atoms with Crippen LogP contribution in [-0.4, -0.2) is 61.7 Å². The van der Waals surface area contributed by atoms with Crippen LogP contribution < -0.4 is 14.2 Å². The molecule has 0 aliphatic carbocycles. The van der Waals surface area contributed by atoms with Crippen molar-refractivity contribution in [2.75, 3.05) is 33.9 Å². The van der Waals surface area contributed by atoms with Crippen molar-refractivity contribution < 1.29 is 23.4 Å². The zero-order chi connectivity index (χ0) is 22.5. The van der Waals surface area contributed by atoms with E-state index in [2.05, 4.69) is 27.8 Å². The summed E-state index contributed by atoms with van der Waals surface area (Å²) in [6.07, 6.45) is 0. The monoisotopic (exact) mass is 494 g/mol. The Bertz CT molecular complexity index is 884. The van der Waals surface area contributed by atoms with Gasteiger partial charge in [-0.05, 0) is 47.5 Å². The van der Waals surface area contributed by atoms with Crippen LogP contribution in [0.5, 0.6) is 17.2 Å². The van der Waals surface area contributed by atoms with Crippen LogP contribution in [0.2, 0.25) is 0 Å². The molecule has 0 unspecified atom stereocenters. The van der Waals surface area contributed by atoms with E-state index in [1.165, 1.54) is 12.1 Å². The Labute approximate surface area is 191 Å². The van der Waals surface area contributed by atoms with Gasteiger partial charge in [0.25, 0.3) is 5.91 Å². The predicted octanol–water partition coefficient (Wildman–Crippen LogP) is 4.11. The van der Waals surface area contributed by atoms with Gasteiger partial charge in [0.05, 0.1) is 14.2 Å². The second-order valence-corrected chi connectivity index (χ2v) is 8.52. The van der Waals surface area contributed by atoms with Crippen molar-refractivity contribution in [1.82, 2.24) is 9.80 Å². The number of ether oxygens (including phenoxy) is 3. The highest BCUT2D eigenvalue weighted by molar-refractivity contribution is 9.10. The van der Waals surface area contributed by atoms with E-state index in [0.717, 1.165) is 18.7 Å². The van der Waals surface area contributed by atoms with Gasteiger partial charge >= 0.3 is 0 Å². The summed E-state index contributed by atoms with van der Waals surface area (Å²) >= 11 is 3.42. The van der Waals surface area contributed by atoms with Crippen molar-refractivity contribution in [3.05, 3.63) is 52.3 Å². The summed E-state index contributed by atoms with van der Waals surface area (Å²) in [7, 11) is 3.12. The molecule has 0 N–H and O–H groups in total. The molecule has 2 atom stereocenters. The normalized spacial score (nSPS) is 19.2. The third-order valence-electron chi connectivity index (χ3n) is 5.52. The van der Waals surface area contributed by atoms with Crippen LogP contribution in [0.1, 0.15) is 19.4 Å². The van der Waals surface area contributed by atoms with E-state index in [0.29, 0.717) is 28.3 Å². The maximum Gasteiger partial charge on any atom is 0.260 e. The number of methoxy groups -OCH3 is 2. The number of hydrogen-bond donors (Lipinski definition) is 0. The van der Waals surface area contributed by atoms with Gasteiger partial charge in [0.1, 0.15) is 27.5 Å². The molecule has 2 aromatic carbocycles. The molecule has 3 rings (SSSR count). The van der Waals surface area contributed by atoms with E-state index in [-0.39, 0.29) is 30.4 Å². The lowest BCUT2D eigenvalue weighted by Crippen LogP contribution is -2.58. The lowest BCUT2D eigenvalue weighted by Gasteiger charge is -2.44. The number of rotatable bonds is 7. The molecule has 0 aromatic heterocycles. The van der Waals surface area contributed by atoms with Gasteiger partial charge in [0.2, 0.25) is 0 Å². The molecule has 0 saturated carbocycles. The highest BCUT2D eigenvalue weighted by atomic mass is 79.9. The number of carbonyl (C=O) groups excluding carboxylic acids is 1. The maximum absolute atomic E-state index is 13.2. The number of piperazine rings is 1. The second-order valence-electron chi connectivity index (χ2n) is 7.73. The summed E-state index contributed by atoms with van der Waals surface area (Å²) in [6.45, 7) is 6.14. The number of nitrogens with zero attached hydrogens (tertiary/aromatic N) is 2. The summed E-state index contributed by atoms with van der Waals surface area (Å²) in [5.41, 5.74) is 1.06. The van der Waals surface area contributed by atoms with E-state index in [1.807, 2.05) is 11.8 Å². The van der Waals surface area contributed by atoms with Crippen molar-refractivity contribution in [2.45, 2.75) is 32.5 Å². The Hall–Kier alpha value is -2.32. The van der Waals surface area contributed by atoms with Crippen molar-refractivity contribution in [1.29, 1.82) is 0 Å². The maximum atomic E-state index is 13.2. The van der Waals surface area contributed by atoms with Crippen LogP contribution >= 0.6 is 15.9 Å². The number of benzene rings is 2. The van der Waals surface area contributed by atoms with Gasteiger partial charge in [-0.3, -0.25) is 9.69 Å². The van der Waals surface area contributed by atoms with Gasteiger partial charge in [-0.25, -0.2) is 4.39 Å². The van der Waals surface area contributed by atoms with Crippen LogP contribution in [0.15, 0.2) is 40.9 Å². The van der Waals surface area contributed by atoms with Crippen molar-refractivity contribution in [2.24, 2.45) is 0 Å². The third-order valence-corrected chi connectivity index (χ3v) is 6.30. The molecule has 1 amide bonds. The van der Waals surface area contributed by atoms with E-state index in [4.69, 9.17) is 14.2 Å². The number of hydrogen-bond acceptors (Lipinski definition) is 5. The summed E-state index contributed by atoms with van der Waals surface area (Å²) in [5, 5.41) is 0. The Morgan fingerprint density at radius 1 is 1.06 bits per heavy atom. The summed E-state index contributed by atoms with van der Waals surface area (Å²) in [6, 6.07) is 10.2. The Kier molecular flexibility index (Phi) is 7.78. The van der Waals surface area contributed by atoms with Crippen molar-refractivity contribution in [3.8, 4) is 17.2 Å². The smallest absolute Gasteiger partial charge is 0.260 e. The predicted molar refractivity (Wildman–Crippen MR) is 120 cm³/mol. The van der Waals surface area contributed by atoms with E-state index in [9.17, 15) is 9.18 Å². The molecule has 6 nitrogen and oxygen atoms in total. The molecule has 1 saturated heterocycles. The Balaban J connectivity index is 1.60. The zero-order valence-electron chi connectivity index (χ0n) is 18.2. The summed E-state index contributed by atoms with van der Waals surface area (Å²) < 4.78 is 30.2. The van der Waals surface area contributed by atoms with Crippen LogP contribution in [-0.2, 0) is 11.3 Å². The second kappa shape index (κ2) is 10.3. The Morgan fingerprint density at radius 2 is 1.68 bits per heavy atom. The molecule has 0 radical (unpaired) electrons. The van der Waals surface area contributed by atoms with Crippen LogP contribution in [0.3, 0.4) is 0 Å². The fraction of sp³-hybridized carbons (Fsp3) is 0.435. The molecule has 2 aromatic rings. The van der Waals surface area contributed by atoms with Gasteiger partial charge in [0, 0.05) is 43.9 Å². The molecule has 1 heterocycles. The van der Waals surface area contributed by atoms with E-state index < -0.39 is 0 Å². The lowest BCUT2D eigenvalue weighted by molar-refractivity contribution is -0.139. The molecular formula is C23H28BrFN2O4. The minimum absolute atomic E-state index is 0.0433. The lowest BCUT2D eigenvalue weighted by atomic mass is 10.1. The zero-order valence-corrected chi connectivity index (χ0v) is 19.8. The fourth-order valence-electron chi connectivity index (χ4n) is 3.75. The average Bonchev–Trinajstić information content (AvgIpc) is 2.76. The average molecular weight is 495 g/mol. The molecule has 1 aliphatic rings. The molecule has 168 valence electrons. The van der Waals surface area contributed by atoms with Crippen LogP contribution in [0.25, 0.3) is 0 Å². The molecule has 0 spiro atoms. The third kappa shape index (κ3) is 5.68. The number of carbonyl (C=O) groups is 1. The first-order chi connectivity index (χ1) is 14.8. The molecule has 31 heavy (non-hydrogen) atoms. The number of amides is 1. The summed E-state index contributed by atoms with van der Waals surface area (Å²) in [4.78, 5) is 17.0. The molecule has 1 fully saturated rings. The highest BCUT2D eigenvalue weighted by Crippen LogP contribution is 2.38. The minimum Gasteiger partial charge on any atom is -0.495 e. The quantitative estimate of drug-likeness (QED) is 0.579. The van der Waals surface area contributed by atoms with Gasteiger partial charge in [-0.15, -0.1) is 0 Å².